The van der Waals surface area contributed by atoms with Gasteiger partial charge in [0.25, 0.3) is 0 Å². The summed E-state index contributed by atoms with van der Waals surface area (Å²) in [7, 11) is 3.83. The number of rotatable bonds is 7. The number of likely N-dealkylation sites (N-methyl/N-ethyl adjacent to an activating group) is 1. The van der Waals surface area contributed by atoms with Gasteiger partial charge < -0.3 is 15.4 Å². The second kappa shape index (κ2) is 7.43. The number of aryl methyl sites for hydroxylation is 1. The van der Waals surface area contributed by atoms with Crippen LogP contribution in [-0.2, 0) is 4.74 Å². The van der Waals surface area contributed by atoms with Gasteiger partial charge in [-0.2, -0.15) is 0 Å². The van der Waals surface area contributed by atoms with Crippen LogP contribution < -0.4 is 5.73 Å². The zero-order valence-electron chi connectivity index (χ0n) is 11.1. The van der Waals surface area contributed by atoms with Gasteiger partial charge in [0.05, 0.1) is 6.61 Å². The Morgan fingerprint density at radius 2 is 1.88 bits per heavy atom. The highest BCUT2D eigenvalue weighted by molar-refractivity contribution is 5.23. The van der Waals surface area contributed by atoms with Gasteiger partial charge >= 0.3 is 0 Å². The second-order valence-electron chi connectivity index (χ2n) is 4.60. The van der Waals surface area contributed by atoms with E-state index in [1.165, 1.54) is 11.1 Å². The molecule has 2 N–H and O–H groups in total. The van der Waals surface area contributed by atoms with E-state index in [1.54, 1.807) is 7.11 Å². The molecule has 0 aliphatic carbocycles. The van der Waals surface area contributed by atoms with Crippen LogP contribution in [-0.4, -0.2) is 38.8 Å². The molecule has 0 bridgehead atoms. The molecule has 0 heterocycles. The van der Waals surface area contributed by atoms with E-state index in [2.05, 4.69) is 43.1 Å². The first kappa shape index (κ1) is 14.2. The molecule has 17 heavy (non-hydrogen) atoms. The standard InChI is InChI=1S/C14H24N2O/c1-12-4-6-13(7-5-12)14(15)8-9-16(2)10-11-17-3/h4-7,14H,8-11,15H2,1-3H3. The number of nitrogens with zero attached hydrogens (tertiary/aromatic N) is 1. The van der Waals surface area contributed by atoms with Crippen molar-refractivity contribution < 1.29 is 4.74 Å². The molecule has 1 aromatic carbocycles. The fourth-order valence-electron chi connectivity index (χ4n) is 1.70. The van der Waals surface area contributed by atoms with Gasteiger partial charge in [-0.05, 0) is 32.5 Å². The van der Waals surface area contributed by atoms with Crippen LogP contribution in [0.1, 0.15) is 23.6 Å². The van der Waals surface area contributed by atoms with Gasteiger partial charge in [-0.25, -0.2) is 0 Å². The molecule has 0 fully saturated rings. The average molecular weight is 236 g/mol. The summed E-state index contributed by atoms with van der Waals surface area (Å²) < 4.78 is 5.04. The first-order chi connectivity index (χ1) is 8.13. The van der Waals surface area contributed by atoms with Crippen molar-refractivity contribution in [1.82, 2.24) is 4.90 Å². The molecule has 1 aromatic rings. The molecule has 3 nitrogen and oxygen atoms in total. The van der Waals surface area contributed by atoms with Crippen LogP contribution in [0.2, 0.25) is 0 Å². The van der Waals surface area contributed by atoms with Crippen LogP contribution in [0.25, 0.3) is 0 Å². The zero-order chi connectivity index (χ0) is 12.7. The Kier molecular flexibility index (Phi) is 6.19. The number of benzene rings is 1. The molecule has 0 radical (unpaired) electrons. The topological polar surface area (TPSA) is 38.5 Å². The molecule has 3 heteroatoms. The molecule has 0 spiro atoms. The number of ether oxygens (including phenoxy) is 1. The van der Waals surface area contributed by atoms with Crippen molar-refractivity contribution in [2.45, 2.75) is 19.4 Å². The molecule has 0 aliphatic rings. The number of hydrogen-bond acceptors (Lipinski definition) is 3. The molecular weight excluding hydrogens is 212 g/mol. The van der Waals surface area contributed by atoms with Crippen LogP contribution in [0.15, 0.2) is 24.3 Å². The average Bonchev–Trinajstić information content (AvgIpc) is 2.34. The van der Waals surface area contributed by atoms with E-state index in [9.17, 15) is 0 Å². The van der Waals surface area contributed by atoms with E-state index in [-0.39, 0.29) is 6.04 Å². The highest BCUT2D eigenvalue weighted by atomic mass is 16.5. The third kappa shape index (κ3) is 5.31. The molecule has 0 aromatic heterocycles. The van der Waals surface area contributed by atoms with Crippen molar-refractivity contribution in [2.75, 3.05) is 33.9 Å². The Morgan fingerprint density at radius 3 is 2.47 bits per heavy atom. The SMILES string of the molecule is COCCN(C)CCC(N)c1ccc(C)cc1. The van der Waals surface area contributed by atoms with Gasteiger partial charge in [-0.3, -0.25) is 0 Å². The zero-order valence-corrected chi connectivity index (χ0v) is 11.1. The first-order valence-electron chi connectivity index (χ1n) is 6.13. The van der Waals surface area contributed by atoms with Gasteiger partial charge in [-0.15, -0.1) is 0 Å². The smallest absolute Gasteiger partial charge is 0.0589 e. The van der Waals surface area contributed by atoms with Crippen molar-refractivity contribution in [2.24, 2.45) is 5.73 Å². The lowest BCUT2D eigenvalue weighted by Crippen LogP contribution is -2.26. The summed E-state index contributed by atoms with van der Waals surface area (Å²) in [5, 5.41) is 0. The predicted molar refractivity (Wildman–Crippen MR) is 72.1 cm³/mol. The minimum absolute atomic E-state index is 0.126. The van der Waals surface area contributed by atoms with E-state index in [4.69, 9.17) is 10.5 Å². The summed E-state index contributed by atoms with van der Waals surface area (Å²) >= 11 is 0. The summed E-state index contributed by atoms with van der Waals surface area (Å²) in [6.07, 6.45) is 0.975. The minimum Gasteiger partial charge on any atom is -0.383 e. The maximum atomic E-state index is 6.16. The van der Waals surface area contributed by atoms with E-state index in [1.807, 2.05) is 0 Å². The van der Waals surface area contributed by atoms with Crippen LogP contribution in [0.4, 0.5) is 0 Å². The van der Waals surface area contributed by atoms with E-state index >= 15 is 0 Å². The largest absolute Gasteiger partial charge is 0.383 e. The maximum absolute atomic E-state index is 6.16. The van der Waals surface area contributed by atoms with E-state index in [0.717, 1.165) is 26.1 Å². The van der Waals surface area contributed by atoms with Gasteiger partial charge in [-0.1, -0.05) is 29.8 Å². The summed E-state index contributed by atoms with van der Waals surface area (Å²) in [5.41, 5.74) is 8.66. The molecule has 1 unspecified atom stereocenters. The highest BCUT2D eigenvalue weighted by Gasteiger charge is 2.07. The Balaban J connectivity index is 2.34. The van der Waals surface area contributed by atoms with Gasteiger partial charge in [0.2, 0.25) is 0 Å². The molecular formula is C14H24N2O. The fourth-order valence-corrected chi connectivity index (χ4v) is 1.70. The molecule has 0 saturated carbocycles. The molecule has 1 atom stereocenters. The highest BCUT2D eigenvalue weighted by Crippen LogP contribution is 2.14. The molecule has 0 saturated heterocycles. The Hall–Kier alpha value is -0.900. The van der Waals surface area contributed by atoms with Crippen molar-refractivity contribution in [1.29, 1.82) is 0 Å². The predicted octanol–water partition coefficient (Wildman–Crippen LogP) is 1.96. The van der Waals surface area contributed by atoms with Crippen molar-refractivity contribution in [3.8, 4) is 0 Å². The van der Waals surface area contributed by atoms with Crippen LogP contribution in [0.5, 0.6) is 0 Å². The fraction of sp³-hybridized carbons (Fsp3) is 0.571. The quantitative estimate of drug-likeness (QED) is 0.786. The molecule has 0 amide bonds. The van der Waals surface area contributed by atoms with Crippen LogP contribution in [0.3, 0.4) is 0 Å². The van der Waals surface area contributed by atoms with Crippen molar-refractivity contribution in [3.63, 3.8) is 0 Å². The van der Waals surface area contributed by atoms with Gasteiger partial charge in [0.15, 0.2) is 0 Å². The molecule has 1 rings (SSSR count). The van der Waals surface area contributed by atoms with Crippen molar-refractivity contribution >= 4 is 0 Å². The number of hydrogen-bond donors (Lipinski definition) is 1. The maximum Gasteiger partial charge on any atom is 0.0589 e. The lowest BCUT2D eigenvalue weighted by atomic mass is 10.0. The second-order valence-corrected chi connectivity index (χ2v) is 4.60. The third-order valence-corrected chi connectivity index (χ3v) is 3.00. The van der Waals surface area contributed by atoms with Crippen LogP contribution >= 0.6 is 0 Å². The summed E-state index contributed by atoms with van der Waals surface area (Å²) in [6.45, 7) is 4.82. The van der Waals surface area contributed by atoms with Crippen molar-refractivity contribution in [3.05, 3.63) is 35.4 Å². The lowest BCUT2D eigenvalue weighted by Gasteiger charge is -2.19. The monoisotopic (exact) mass is 236 g/mol. The summed E-state index contributed by atoms with van der Waals surface area (Å²) in [5.74, 6) is 0. The normalized spacial score (nSPS) is 13.0. The molecule has 96 valence electrons. The van der Waals surface area contributed by atoms with Gasteiger partial charge in [0, 0.05) is 19.7 Å². The first-order valence-corrected chi connectivity index (χ1v) is 6.13. The Morgan fingerprint density at radius 1 is 1.24 bits per heavy atom. The van der Waals surface area contributed by atoms with Gasteiger partial charge in [0.1, 0.15) is 0 Å². The molecule has 0 aliphatic heterocycles. The minimum atomic E-state index is 0.126. The van der Waals surface area contributed by atoms with E-state index in [0.29, 0.717) is 0 Å². The Bertz CT molecular complexity index is 311. The number of methoxy groups -OCH3 is 1. The summed E-state index contributed by atoms with van der Waals surface area (Å²) in [6, 6.07) is 8.60. The van der Waals surface area contributed by atoms with E-state index < -0.39 is 0 Å². The van der Waals surface area contributed by atoms with Crippen LogP contribution in [0, 0.1) is 6.92 Å². The lowest BCUT2D eigenvalue weighted by molar-refractivity contribution is 0.159. The summed E-state index contributed by atoms with van der Waals surface area (Å²) in [4.78, 5) is 2.25. The Labute approximate surface area is 105 Å². The number of nitrogens with two attached hydrogens (primary N) is 1. The third-order valence-electron chi connectivity index (χ3n) is 3.00.